The van der Waals surface area contributed by atoms with Crippen LogP contribution in [0.4, 0.5) is 0 Å². The number of carbonyl (C=O) groups excluding carboxylic acids is 1. The Labute approximate surface area is 91.7 Å². The van der Waals surface area contributed by atoms with E-state index in [0.29, 0.717) is 5.56 Å². The van der Waals surface area contributed by atoms with Crippen LogP contribution in [-0.2, 0) is 4.74 Å². The van der Waals surface area contributed by atoms with E-state index in [1.807, 2.05) is 25.3 Å². The third-order valence-corrected chi connectivity index (χ3v) is 2.87. The fourth-order valence-electron chi connectivity index (χ4n) is 1.32. The normalized spacial score (nSPS) is 10.9. The molecule has 78 valence electrons. The van der Waals surface area contributed by atoms with Crippen LogP contribution in [0.15, 0.2) is 23.8 Å². The third-order valence-electron chi connectivity index (χ3n) is 1.94. The maximum Gasteiger partial charge on any atom is 0.339 e. The van der Waals surface area contributed by atoms with E-state index in [1.165, 1.54) is 11.3 Å². The Morgan fingerprint density at radius 1 is 1.53 bits per heavy atom. The molecule has 0 aliphatic heterocycles. The van der Waals surface area contributed by atoms with E-state index in [2.05, 4.69) is 4.98 Å². The maximum atomic E-state index is 11.7. The summed E-state index contributed by atoms with van der Waals surface area (Å²) in [5.74, 6) is -0.262. The number of carbonyl (C=O) groups is 1. The molecule has 0 spiro atoms. The maximum absolute atomic E-state index is 11.7. The van der Waals surface area contributed by atoms with E-state index < -0.39 is 0 Å². The van der Waals surface area contributed by atoms with Crippen molar-refractivity contribution in [2.24, 2.45) is 0 Å². The quantitative estimate of drug-likeness (QED) is 0.732. The number of fused-ring (bicyclic) bond motifs is 1. The van der Waals surface area contributed by atoms with Crippen molar-refractivity contribution in [3.05, 3.63) is 29.4 Å². The molecule has 2 heterocycles. The molecule has 0 saturated heterocycles. The van der Waals surface area contributed by atoms with Gasteiger partial charge < -0.3 is 4.74 Å². The van der Waals surface area contributed by atoms with Gasteiger partial charge in [-0.2, -0.15) is 0 Å². The summed E-state index contributed by atoms with van der Waals surface area (Å²) in [5.41, 5.74) is 0.631. The summed E-state index contributed by atoms with van der Waals surface area (Å²) >= 11 is 1.51. The molecule has 0 saturated carbocycles. The second-order valence-corrected chi connectivity index (χ2v) is 4.39. The van der Waals surface area contributed by atoms with Crippen molar-refractivity contribution in [1.29, 1.82) is 0 Å². The number of hydrogen-bond donors (Lipinski definition) is 0. The fourth-order valence-corrected chi connectivity index (χ4v) is 2.21. The number of thiophene rings is 1. The molecule has 0 radical (unpaired) electrons. The molecule has 0 fully saturated rings. The van der Waals surface area contributed by atoms with Crippen LogP contribution >= 0.6 is 11.3 Å². The summed E-state index contributed by atoms with van der Waals surface area (Å²) in [5, 5.41) is 2.73. The van der Waals surface area contributed by atoms with Crippen LogP contribution in [0.1, 0.15) is 24.2 Å². The van der Waals surface area contributed by atoms with Gasteiger partial charge in [0.2, 0.25) is 0 Å². The first-order valence-electron chi connectivity index (χ1n) is 4.70. The SMILES string of the molecule is CC(C)OC(=O)c1csc2cnccc12. The Kier molecular flexibility index (Phi) is 2.68. The van der Waals surface area contributed by atoms with Crippen LogP contribution in [-0.4, -0.2) is 17.1 Å². The van der Waals surface area contributed by atoms with Crippen molar-refractivity contribution >= 4 is 27.4 Å². The summed E-state index contributed by atoms with van der Waals surface area (Å²) in [7, 11) is 0. The van der Waals surface area contributed by atoms with Gasteiger partial charge in [0.15, 0.2) is 0 Å². The summed E-state index contributed by atoms with van der Waals surface area (Å²) in [4.78, 5) is 15.7. The van der Waals surface area contributed by atoms with Crippen molar-refractivity contribution in [1.82, 2.24) is 4.98 Å². The van der Waals surface area contributed by atoms with E-state index in [-0.39, 0.29) is 12.1 Å². The first kappa shape index (κ1) is 10.1. The van der Waals surface area contributed by atoms with E-state index >= 15 is 0 Å². The van der Waals surface area contributed by atoms with Gasteiger partial charge in [0.25, 0.3) is 0 Å². The zero-order chi connectivity index (χ0) is 10.8. The lowest BCUT2D eigenvalue weighted by molar-refractivity contribution is 0.0381. The van der Waals surface area contributed by atoms with Gasteiger partial charge in [-0.15, -0.1) is 11.3 Å². The van der Waals surface area contributed by atoms with Gasteiger partial charge in [0, 0.05) is 23.2 Å². The number of pyridine rings is 1. The topological polar surface area (TPSA) is 39.2 Å². The van der Waals surface area contributed by atoms with Crippen molar-refractivity contribution in [2.75, 3.05) is 0 Å². The molecule has 0 atom stereocenters. The van der Waals surface area contributed by atoms with Gasteiger partial charge in [0.05, 0.1) is 16.4 Å². The van der Waals surface area contributed by atoms with Gasteiger partial charge in [0.1, 0.15) is 0 Å². The monoisotopic (exact) mass is 221 g/mol. The molecule has 0 aromatic carbocycles. The minimum atomic E-state index is -0.262. The molecule has 4 heteroatoms. The first-order chi connectivity index (χ1) is 7.18. The average molecular weight is 221 g/mol. The molecule has 0 aliphatic rings. The number of aromatic nitrogens is 1. The average Bonchev–Trinajstić information content (AvgIpc) is 2.59. The standard InChI is InChI=1S/C11H11NO2S/c1-7(2)14-11(13)9-6-15-10-5-12-4-3-8(9)10/h3-7H,1-2H3. The molecule has 0 N–H and O–H groups in total. The molecule has 0 unspecified atom stereocenters. The highest BCUT2D eigenvalue weighted by Crippen LogP contribution is 2.25. The molecule has 2 rings (SSSR count). The number of ether oxygens (including phenoxy) is 1. The highest BCUT2D eigenvalue weighted by molar-refractivity contribution is 7.17. The predicted octanol–water partition coefficient (Wildman–Crippen LogP) is 2.86. The molecule has 15 heavy (non-hydrogen) atoms. The Hall–Kier alpha value is -1.42. The number of esters is 1. The van der Waals surface area contributed by atoms with Crippen LogP contribution in [0.2, 0.25) is 0 Å². The Morgan fingerprint density at radius 2 is 2.33 bits per heavy atom. The first-order valence-corrected chi connectivity index (χ1v) is 5.58. The molecule has 0 amide bonds. The van der Waals surface area contributed by atoms with Crippen molar-refractivity contribution < 1.29 is 9.53 Å². The highest BCUT2D eigenvalue weighted by atomic mass is 32.1. The Morgan fingerprint density at radius 3 is 3.07 bits per heavy atom. The number of nitrogens with zero attached hydrogens (tertiary/aromatic N) is 1. The van der Waals surface area contributed by atoms with Crippen LogP contribution in [0, 0.1) is 0 Å². The lowest BCUT2D eigenvalue weighted by Gasteiger charge is -2.06. The summed E-state index contributed by atoms with van der Waals surface area (Å²) < 4.78 is 6.16. The molecular formula is C11H11NO2S. The summed E-state index contributed by atoms with van der Waals surface area (Å²) in [6, 6.07) is 1.84. The Bertz CT molecular complexity index is 490. The molecule has 0 bridgehead atoms. The second-order valence-electron chi connectivity index (χ2n) is 3.48. The Balaban J connectivity index is 2.40. The zero-order valence-corrected chi connectivity index (χ0v) is 9.38. The molecule has 2 aromatic rings. The molecule has 2 aromatic heterocycles. The number of rotatable bonds is 2. The van der Waals surface area contributed by atoms with E-state index in [0.717, 1.165) is 10.1 Å². The highest BCUT2D eigenvalue weighted by Gasteiger charge is 2.14. The van der Waals surface area contributed by atoms with Crippen LogP contribution in [0.3, 0.4) is 0 Å². The summed E-state index contributed by atoms with van der Waals surface area (Å²) in [6.45, 7) is 3.68. The smallest absolute Gasteiger partial charge is 0.339 e. The predicted molar refractivity (Wildman–Crippen MR) is 60.2 cm³/mol. The molecule has 0 aliphatic carbocycles. The number of hydrogen-bond acceptors (Lipinski definition) is 4. The minimum Gasteiger partial charge on any atom is -0.459 e. The summed E-state index contributed by atoms with van der Waals surface area (Å²) in [6.07, 6.45) is 3.35. The second kappa shape index (κ2) is 3.98. The van der Waals surface area contributed by atoms with Crippen molar-refractivity contribution in [2.45, 2.75) is 20.0 Å². The largest absolute Gasteiger partial charge is 0.459 e. The van der Waals surface area contributed by atoms with E-state index in [1.54, 1.807) is 12.4 Å². The van der Waals surface area contributed by atoms with Crippen molar-refractivity contribution in [3.8, 4) is 0 Å². The van der Waals surface area contributed by atoms with Crippen LogP contribution in [0.25, 0.3) is 10.1 Å². The molecular weight excluding hydrogens is 210 g/mol. The fraction of sp³-hybridized carbons (Fsp3) is 0.273. The van der Waals surface area contributed by atoms with Gasteiger partial charge in [-0.05, 0) is 19.9 Å². The minimum absolute atomic E-state index is 0.0886. The lowest BCUT2D eigenvalue weighted by Crippen LogP contribution is -2.10. The lowest BCUT2D eigenvalue weighted by atomic mass is 10.2. The zero-order valence-electron chi connectivity index (χ0n) is 8.56. The van der Waals surface area contributed by atoms with Gasteiger partial charge >= 0.3 is 5.97 Å². The van der Waals surface area contributed by atoms with Crippen LogP contribution < -0.4 is 0 Å². The van der Waals surface area contributed by atoms with Gasteiger partial charge in [-0.1, -0.05) is 0 Å². The molecule has 3 nitrogen and oxygen atoms in total. The van der Waals surface area contributed by atoms with Gasteiger partial charge in [-0.3, -0.25) is 4.98 Å². The van der Waals surface area contributed by atoms with E-state index in [4.69, 9.17) is 4.74 Å². The van der Waals surface area contributed by atoms with Gasteiger partial charge in [-0.25, -0.2) is 4.79 Å². The van der Waals surface area contributed by atoms with Crippen molar-refractivity contribution in [3.63, 3.8) is 0 Å². The third kappa shape index (κ3) is 1.99. The van der Waals surface area contributed by atoms with Crippen LogP contribution in [0.5, 0.6) is 0 Å². The van der Waals surface area contributed by atoms with E-state index in [9.17, 15) is 4.79 Å².